The van der Waals surface area contributed by atoms with Gasteiger partial charge in [0.1, 0.15) is 0 Å². The maximum atomic E-state index is 12.2. The second kappa shape index (κ2) is 6.50. The van der Waals surface area contributed by atoms with E-state index in [4.69, 9.17) is 0 Å². The number of likely N-dealkylation sites (N-methyl/N-ethyl adjacent to an activating group) is 1. The standard InChI is InChI=1S/C13H19N3O4S/c1-2-15-9-3-4-12(15)10-14-21(19,20)13-7-5-11(6-8-13)16(17)18/h5-8,12,14H,2-4,9-10H2,1H3/t12-/m0/s1. The fraction of sp³-hybridized carbons (Fsp3) is 0.538. The maximum Gasteiger partial charge on any atom is 0.269 e. The largest absolute Gasteiger partial charge is 0.299 e. The van der Waals surface area contributed by atoms with Gasteiger partial charge >= 0.3 is 0 Å². The maximum absolute atomic E-state index is 12.2. The van der Waals surface area contributed by atoms with Crippen molar-refractivity contribution in [3.63, 3.8) is 0 Å². The van der Waals surface area contributed by atoms with Gasteiger partial charge < -0.3 is 0 Å². The van der Waals surface area contributed by atoms with Crippen molar-refractivity contribution in [1.29, 1.82) is 0 Å². The molecular weight excluding hydrogens is 294 g/mol. The number of sulfonamides is 1. The van der Waals surface area contributed by atoms with Gasteiger partial charge in [0.25, 0.3) is 5.69 Å². The molecule has 1 N–H and O–H groups in total. The van der Waals surface area contributed by atoms with E-state index in [1.54, 1.807) is 0 Å². The molecule has 0 saturated carbocycles. The monoisotopic (exact) mass is 313 g/mol. The van der Waals surface area contributed by atoms with Crippen LogP contribution in [-0.4, -0.2) is 43.9 Å². The van der Waals surface area contributed by atoms with Gasteiger partial charge in [-0.05, 0) is 38.1 Å². The number of hydrogen-bond donors (Lipinski definition) is 1. The molecule has 7 nitrogen and oxygen atoms in total. The van der Waals surface area contributed by atoms with Gasteiger partial charge in [-0.3, -0.25) is 15.0 Å². The highest BCUT2D eigenvalue weighted by atomic mass is 32.2. The third-order valence-corrected chi connectivity index (χ3v) is 5.21. The van der Waals surface area contributed by atoms with Gasteiger partial charge in [-0.1, -0.05) is 6.92 Å². The van der Waals surface area contributed by atoms with E-state index in [2.05, 4.69) is 16.5 Å². The van der Waals surface area contributed by atoms with Gasteiger partial charge in [-0.25, -0.2) is 13.1 Å². The van der Waals surface area contributed by atoms with Crippen LogP contribution in [0.5, 0.6) is 0 Å². The highest BCUT2D eigenvalue weighted by molar-refractivity contribution is 7.89. The lowest BCUT2D eigenvalue weighted by Gasteiger charge is -2.22. The molecule has 2 rings (SSSR count). The SMILES string of the molecule is CCN1CCC[C@H]1CNS(=O)(=O)c1ccc([N+](=O)[O-])cc1. The predicted molar refractivity (Wildman–Crippen MR) is 78.6 cm³/mol. The van der Waals surface area contributed by atoms with Crippen molar-refractivity contribution in [2.75, 3.05) is 19.6 Å². The van der Waals surface area contributed by atoms with E-state index in [0.717, 1.165) is 25.9 Å². The Labute approximate surface area is 124 Å². The molecule has 8 heteroatoms. The molecule has 0 amide bonds. The number of likely N-dealkylation sites (tertiary alicyclic amines) is 1. The summed E-state index contributed by atoms with van der Waals surface area (Å²) < 4.78 is 26.9. The molecule has 0 aromatic heterocycles. The normalized spacial score (nSPS) is 19.8. The molecule has 1 saturated heterocycles. The Morgan fingerprint density at radius 3 is 2.62 bits per heavy atom. The molecule has 0 unspecified atom stereocenters. The van der Waals surface area contributed by atoms with Crippen LogP contribution in [0.1, 0.15) is 19.8 Å². The number of nitrogens with zero attached hydrogens (tertiary/aromatic N) is 2. The minimum atomic E-state index is -3.62. The number of nitro benzene ring substituents is 1. The van der Waals surface area contributed by atoms with E-state index in [0.29, 0.717) is 6.54 Å². The van der Waals surface area contributed by atoms with Crippen LogP contribution >= 0.6 is 0 Å². The Hall–Kier alpha value is -1.51. The third kappa shape index (κ3) is 3.78. The highest BCUT2D eigenvalue weighted by Crippen LogP contribution is 2.18. The molecule has 116 valence electrons. The molecular formula is C13H19N3O4S. The summed E-state index contributed by atoms with van der Waals surface area (Å²) in [5.74, 6) is 0. The summed E-state index contributed by atoms with van der Waals surface area (Å²) >= 11 is 0. The fourth-order valence-corrected chi connectivity index (χ4v) is 3.65. The van der Waals surface area contributed by atoms with E-state index in [9.17, 15) is 18.5 Å². The number of non-ortho nitro benzene ring substituents is 1. The lowest BCUT2D eigenvalue weighted by molar-refractivity contribution is -0.384. The zero-order valence-corrected chi connectivity index (χ0v) is 12.7. The zero-order valence-electron chi connectivity index (χ0n) is 11.9. The highest BCUT2D eigenvalue weighted by Gasteiger charge is 2.25. The van der Waals surface area contributed by atoms with Crippen LogP contribution in [0, 0.1) is 10.1 Å². The Morgan fingerprint density at radius 1 is 1.38 bits per heavy atom. The molecule has 1 aliphatic rings. The third-order valence-electron chi connectivity index (χ3n) is 3.77. The molecule has 21 heavy (non-hydrogen) atoms. The average Bonchev–Trinajstić information content (AvgIpc) is 2.93. The van der Waals surface area contributed by atoms with E-state index < -0.39 is 14.9 Å². The molecule has 1 atom stereocenters. The summed E-state index contributed by atoms with van der Waals surface area (Å²) in [6.07, 6.45) is 2.06. The first-order chi connectivity index (χ1) is 9.94. The molecule has 0 spiro atoms. The summed E-state index contributed by atoms with van der Waals surface area (Å²) in [5.41, 5.74) is -0.123. The van der Waals surface area contributed by atoms with Crippen molar-refractivity contribution in [3.05, 3.63) is 34.4 Å². The van der Waals surface area contributed by atoms with E-state index in [1.807, 2.05) is 0 Å². The van der Waals surface area contributed by atoms with Crippen LogP contribution in [0.25, 0.3) is 0 Å². The van der Waals surface area contributed by atoms with Gasteiger partial charge in [0.15, 0.2) is 0 Å². The van der Waals surface area contributed by atoms with Crippen molar-refractivity contribution in [3.8, 4) is 0 Å². The van der Waals surface area contributed by atoms with Crippen LogP contribution < -0.4 is 4.72 Å². The number of nitro groups is 1. The molecule has 1 heterocycles. The lowest BCUT2D eigenvalue weighted by atomic mass is 10.2. The summed E-state index contributed by atoms with van der Waals surface area (Å²) in [6, 6.07) is 5.13. The Kier molecular flexibility index (Phi) is 4.92. The molecule has 1 aromatic carbocycles. The smallest absolute Gasteiger partial charge is 0.269 e. The number of hydrogen-bond acceptors (Lipinski definition) is 5. The minimum Gasteiger partial charge on any atom is -0.299 e. The van der Waals surface area contributed by atoms with Crippen LogP contribution in [0.4, 0.5) is 5.69 Å². The van der Waals surface area contributed by atoms with Crippen molar-refractivity contribution in [2.45, 2.75) is 30.7 Å². The zero-order chi connectivity index (χ0) is 15.5. The number of benzene rings is 1. The average molecular weight is 313 g/mol. The Morgan fingerprint density at radius 2 is 2.05 bits per heavy atom. The minimum absolute atomic E-state index is 0.0501. The van der Waals surface area contributed by atoms with Crippen molar-refractivity contribution < 1.29 is 13.3 Å². The molecule has 1 aromatic rings. The van der Waals surface area contributed by atoms with E-state index in [-0.39, 0.29) is 16.6 Å². The summed E-state index contributed by atoms with van der Waals surface area (Å²) in [4.78, 5) is 12.3. The molecule has 1 fully saturated rings. The molecule has 0 bridgehead atoms. The topological polar surface area (TPSA) is 92.6 Å². The van der Waals surface area contributed by atoms with E-state index >= 15 is 0 Å². The van der Waals surface area contributed by atoms with Crippen LogP contribution in [0.2, 0.25) is 0 Å². The summed E-state index contributed by atoms with van der Waals surface area (Å²) in [7, 11) is -3.62. The Bertz CT molecular complexity index is 600. The second-order valence-corrected chi connectivity index (χ2v) is 6.79. The van der Waals surface area contributed by atoms with Crippen LogP contribution in [-0.2, 0) is 10.0 Å². The van der Waals surface area contributed by atoms with Gasteiger partial charge in [0, 0.05) is 24.7 Å². The molecule has 0 aliphatic carbocycles. The van der Waals surface area contributed by atoms with Gasteiger partial charge in [0.05, 0.1) is 9.82 Å². The Balaban J connectivity index is 2.02. The quantitative estimate of drug-likeness (QED) is 0.632. The number of nitrogens with one attached hydrogen (secondary N) is 1. The van der Waals surface area contributed by atoms with Crippen molar-refractivity contribution >= 4 is 15.7 Å². The lowest BCUT2D eigenvalue weighted by Crippen LogP contribution is -2.39. The van der Waals surface area contributed by atoms with Crippen molar-refractivity contribution in [2.24, 2.45) is 0 Å². The van der Waals surface area contributed by atoms with E-state index in [1.165, 1.54) is 24.3 Å². The molecule has 1 aliphatic heterocycles. The van der Waals surface area contributed by atoms with Gasteiger partial charge in [-0.15, -0.1) is 0 Å². The van der Waals surface area contributed by atoms with Crippen LogP contribution in [0.3, 0.4) is 0 Å². The first-order valence-corrected chi connectivity index (χ1v) is 8.40. The second-order valence-electron chi connectivity index (χ2n) is 5.03. The van der Waals surface area contributed by atoms with Gasteiger partial charge in [0.2, 0.25) is 10.0 Å². The number of rotatable bonds is 6. The first kappa shape index (κ1) is 15.9. The van der Waals surface area contributed by atoms with Crippen LogP contribution in [0.15, 0.2) is 29.2 Å². The molecule has 0 radical (unpaired) electrons. The predicted octanol–water partition coefficient (Wildman–Crippen LogP) is 1.36. The van der Waals surface area contributed by atoms with Crippen molar-refractivity contribution in [1.82, 2.24) is 9.62 Å². The van der Waals surface area contributed by atoms with Gasteiger partial charge in [-0.2, -0.15) is 0 Å². The first-order valence-electron chi connectivity index (χ1n) is 6.92. The summed E-state index contributed by atoms with van der Waals surface area (Å²) in [5, 5.41) is 10.6. The fourth-order valence-electron chi connectivity index (χ4n) is 2.58. The summed E-state index contributed by atoms with van der Waals surface area (Å²) in [6.45, 7) is 4.33.